The summed E-state index contributed by atoms with van der Waals surface area (Å²) in [6.07, 6.45) is 7.10. The summed E-state index contributed by atoms with van der Waals surface area (Å²) < 4.78 is 0. The van der Waals surface area contributed by atoms with Crippen LogP contribution in [0.5, 0.6) is 0 Å². The minimum atomic E-state index is -1.24. The van der Waals surface area contributed by atoms with Gasteiger partial charge >= 0.3 is 0 Å². The summed E-state index contributed by atoms with van der Waals surface area (Å²) in [4.78, 5) is 10.6. The highest BCUT2D eigenvalue weighted by molar-refractivity contribution is 6.83. The first-order valence-corrected chi connectivity index (χ1v) is 7.40. The molecule has 60 valence electrons. The zero-order valence-electron chi connectivity index (χ0n) is 7.29. The molecule has 0 saturated carbocycles. The van der Waals surface area contributed by atoms with Crippen LogP contribution in [0.4, 0.5) is 0 Å². The van der Waals surface area contributed by atoms with Crippen molar-refractivity contribution in [3.8, 4) is 0 Å². The van der Waals surface area contributed by atoms with Crippen LogP contribution in [0.1, 0.15) is 0 Å². The molecule has 0 saturated heterocycles. The minimum absolute atomic E-state index is 0.0849. The molecule has 0 bridgehead atoms. The summed E-state index contributed by atoms with van der Waals surface area (Å²) >= 11 is 0. The third-order valence-corrected chi connectivity index (χ3v) is 4.20. The fraction of sp³-hybridized carbons (Fsp3) is 0.444. The lowest BCUT2D eigenvalue weighted by Gasteiger charge is -2.21. The fourth-order valence-electron chi connectivity index (χ4n) is 1.36. The first kappa shape index (κ1) is 8.46. The zero-order valence-corrected chi connectivity index (χ0v) is 8.29. The molecule has 0 N–H and O–H groups in total. The van der Waals surface area contributed by atoms with E-state index in [1.54, 1.807) is 0 Å². The number of carbonyl (C=O) groups is 1. The predicted molar refractivity (Wildman–Crippen MR) is 50.1 cm³/mol. The zero-order chi connectivity index (χ0) is 8.48. The summed E-state index contributed by atoms with van der Waals surface area (Å²) in [5.41, 5.74) is 0. The molecule has 11 heavy (non-hydrogen) atoms. The van der Waals surface area contributed by atoms with Gasteiger partial charge in [-0.1, -0.05) is 43.1 Å². The lowest BCUT2D eigenvalue weighted by molar-refractivity contribution is -0.109. The van der Waals surface area contributed by atoms with Crippen LogP contribution in [0, 0.1) is 5.92 Å². The Hall–Kier alpha value is -0.633. The van der Waals surface area contributed by atoms with Gasteiger partial charge in [-0.3, -0.25) is 0 Å². The summed E-state index contributed by atoms with van der Waals surface area (Å²) in [5.74, 6) is 0.0849. The maximum atomic E-state index is 10.6. The molecule has 2 heteroatoms. The number of hydrogen-bond donors (Lipinski definition) is 0. The van der Waals surface area contributed by atoms with Crippen LogP contribution >= 0.6 is 0 Å². The van der Waals surface area contributed by atoms with Gasteiger partial charge < -0.3 is 4.79 Å². The summed E-state index contributed by atoms with van der Waals surface area (Å²) in [7, 11) is -1.24. The maximum Gasteiger partial charge on any atom is 0.130 e. The summed E-state index contributed by atoms with van der Waals surface area (Å²) in [6.45, 7) is 6.80. The topological polar surface area (TPSA) is 17.1 Å². The molecule has 1 aliphatic rings. The lowest BCUT2D eigenvalue weighted by Crippen LogP contribution is -2.27. The van der Waals surface area contributed by atoms with E-state index in [1.165, 1.54) is 5.20 Å². The molecule has 1 aliphatic carbocycles. The molecule has 0 aromatic carbocycles. The van der Waals surface area contributed by atoms with E-state index in [2.05, 4.69) is 25.7 Å². The van der Waals surface area contributed by atoms with Gasteiger partial charge in [0.2, 0.25) is 0 Å². The molecule has 0 aromatic rings. The van der Waals surface area contributed by atoms with E-state index >= 15 is 0 Å². The Morgan fingerprint density at radius 3 is 2.45 bits per heavy atom. The standard InChI is InChI=1S/C9H14OSi/c1-11(2,3)9-6-4-5-8(9)7-10/h4-8H,1-3H3. The first-order valence-electron chi connectivity index (χ1n) is 3.90. The van der Waals surface area contributed by atoms with Gasteiger partial charge in [-0.25, -0.2) is 0 Å². The van der Waals surface area contributed by atoms with Crippen LogP contribution in [0.2, 0.25) is 19.6 Å². The molecule has 1 rings (SSSR count). The summed E-state index contributed by atoms with van der Waals surface area (Å²) in [5, 5.41) is 1.35. The van der Waals surface area contributed by atoms with Gasteiger partial charge in [-0.05, 0) is 0 Å². The van der Waals surface area contributed by atoms with Crippen molar-refractivity contribution in [2.24, 2.45) is 5.92 Å². The van der Waals surface area contributed by atoms with Gasteiger partial charge in [0.05, 0.1) is 14.0 Å². The largest absolute Gasteiger partial charge is 0.302 e. The van der Waals surface area contributed by atoms with Crippen molar-refractivity contribution in [1.29, 1.82) is 0 Å². The second-order valence-corrected chi connectivity index (χ2v) is 9.00. The number of hydrogen-bond acceptors (Lipinski definition) is 1. The molecular weight excluding hydrogens is 152 g/mol. The Morgan fingerprint density at radius 2 is 2.09 bits per heavy atom. The molecule has 0 heterocycles. The van der Waals surface area contributed by atoms with Gasteiger partial charge in [0.1, 0.15) is 6.29 Å². The van der Waals surface area contributed by atoms with Crippen molar-refractivity contribution in [2.75, 3.05) is 0 Å². The van der Waals surface area contributed by atoms with E-state index in [1.807, 2.05) is 12.2 Å². The number of allylic oxidation sites excluding steroid dienone is 4. The van der Waals surface area contributed by atoms with Crippen molar-refractivity contribution >= 4 is 14.4 Å². The Balaban J connectivity index is 2.84. The van der Waals surface area contributed by atoms with Crippen molar-refractivity contribution in [1.82, 2.24) is 0 Å². The Kier molecular flexibility index (Phi) is 2.14. The van der Waals surface area contributed by atoms with Gasteiger partial charge in [0.15, 0.2) is 0 Å². The van der Waals surface area contributed by atoms with Crippen LogP contribution in [0.25, 0.3) is 0 Å². The monoisotopic (exact) mass is 166 g/mol. The van der Waals surface area contributed by atoms with E-state index in [4.69, 9.17) is 0 Å². The molecule has 1 nitrogen and oxygen atoms in total. The van der Waals surface area contributed by atoms with Crippen molar-refractivity contribution in [3.63, 3.8) is 0 Å². The van der Waals surface area contributed by atoms with Crippen LogP contribution < -0.4 is 0 Å². The van der Waals surface area contributed by atoms with Crippen molar-refractivity contribution in [3.05, 3.63) is 23.4 Å². The minimum Gasteiger partial charge on any atom is -0.302 e. The molecule has 0 aliphatic heterocycles. The fourth-order valence-corrected chi connectivity index (χ4v) is 3.12. The molecule has 0 spiro atoms. The Labute approximate surface area is 68.8 Å². The van der Waals surface area contributed by atoms with E-state index in [9.17, 15) is 4.79 Å². The molecule has 1 unspecified atom stereocenters. The Morgan fingerprint density at radius 1 is 1.45 bits per heavy atom. The van der Waals surface area contributed by atoms with Crippen LogP contribution in [-0.2, 0) is 4.79 Å². The SMILES string of the molecule is C[Si](C)(C)C1=CC=CC1C=O. The quantitative estimate of drug-likeness (QED) is 0.454. The van der Waals surface area contributed by atoms with E-state index in [0.717, 1.165) is 6.29 Å². The molecule has 0 radical (unpaired) electrons. The normalized spacial score (nSPS) is 23.5. The van der Waals surface area contributed by atoms with Crippen LogP contribution in [0.15, 0.2) is 23.4 Å². The van der Waals surface area contributed by atoms with Gasteiger partial charge in [-0.15, -0.1) is 0 Å². The molecule has 1 atom stereocenters. The lowest BCUT2D eigenvalue weighted by atomic mass is 10.2. The highest BCUT2D eigenvalue weighted by atomic mass is 28.3. The van der Waals surface area contributed by atoms with Crippen molar-refractivity contribution < 1.29 is 4.79 Å². The molecule has 0 fully saturated rings. The smallest absolute Gasteiger partial charge is 0.130 e. The maximum absolute atomic E-state index is 10.6. The van der Waals surface area contributed by atoms with E-state index in [-0.39, 0.29) is 5.92 Å². The van der Waals surface area contributed by atoms with Gasteiger partial charge in [-0.2, -0.15) is 0 Å². The summed E-state index contributed by atoms with van der Waals surface area (Å²) in [6, 6.07) is 0. The molecule has 0 aromatic heterocycles. The van der Waals surface area contributed by atoms with Crippen LogP contribution in [0.3, 0.4) is 0 Å². The second kappa shape index (κ2) is 2.78. The van der Waals surface area contributed by atoms with E-state index in [0.29, 0.717) is 0 Å². The number of carbonyl (C=O) groups excluding carboxylic acids is 1. The first-order chi connectivity index (χ1) is 5.05. The average Bonchev–Trinajstić information content (AvgIpc) is 2.31. The highest BCUT2D eigenvalue weighted by Crippen LogP contribution is 2.26. The second-order valence-electron chi connectivity index (χ2n) is 3.92. The predicted octanol–water partition coefficient (Wildman–Crippen LogP) is 2.18. The third-order valence-electron chi connectivity index (χ3n) is 1.97. The highest BCUT2D eigenvalue weighted by Gasteiger charge is 2.26. The van der Waals surface area contributed by atoms with Gasteiger partial charge in [0, 0.05) is 0 Å². The van der Waals surface area contributed by atoms with Crippen molar-refractivity contribution in [2.45, 2.75) is 19.6 Å². The third kappa shape index (κ3) is 1.69. The molecular formula is C9H14OSi. The van der Waals surface area contributed by atoms with Gasteiger partial charge in [0.25, 0.3) is 0 Å². The molecule has 0 amide bonds. The van der Waals surface area contributed by atoms with Crippen LogP contribution in [-0.4, -0.2) is 14.4 Å². The number of rotatable bonds is 2. The number of aldehydes is 1. The Bertz CT molecular complexity index is 220. The van der Waals surface area contributed by atoms with E-state index < -0.39 is 8.07 Å². The average molecular weight is 166 g/mol.